The number of para-hydroxylation sites is 2. The van der Waals surface area contributed by atoms with Gasteiger partial charge in [0.1, 0.15) is 0 Å². The minimum Gasteiger partial charge on any atom is -0.361 e. The first-order valence-corrected chi connectivity index (χ1v) is 10.2. The largest absolute Gasteiger partial charge is 0.361 e. The molecule has 4 N–H and O–H groups in total. The first kappa shape index (κ1) is 21.5. The highest BCUT2D eigenvalue weighted by atomic mass is 16.2. The van der Waals surface area contributed by atoms with Gasteiger partial charge in [0.2, 0.25) is 0 Å². The van der Waals surface area contributed by atoms with Crippen LogP contribution in [0, 0.1) is 6.92 Å². The Morgan fingerprint density at radius 3 is 2.39 bits per heavy atom. The molecular formula is C25H21N5O3. The predicted molar refractivity (Wildman–Crippen MR) is 128 cm³/mol. The Balaban J connectivity index is 1.40. The van der Waals surface area contributed by atoms with Gasteiger partial charge >= 0.3 is 11.8 Å². The summed E-state index contributed by atoms with van der Waals surface area (Å²) in [6, 6.07) is 21.4. The Labute approximate surface area is 189 Å². The van der Waals surface area contributed by atoms with Gasteiger partial charge in [-0.3, -0.25) is 14.4 Å². The molecule has 0 fully saturated rings. The van der Waals surface area contributed by atoms with Crippen molar-refractivity contribution in [2.45, 2.75) is 6.92 Å². The number of aromatic nitrogens is 1. The first-order chi connectivity index (χ1) is 16.0. The second kappa shape index (κ2) is 9.61. The molecule has 0 unspecified atom stereocenters. The molecule has 0 bridgehead atoms. The molecule has 0 aliphatic carbocycles. The van der Waals surface area contributed by atoms with Crippen LogP contribution in [0.5, 0.6) is 0 Å². The molecule has 164 valence electrons. The number of fused-ring (bicyclic) bond motifs is 1. The molecule has 3 amide bonds. The van der Waals surface area contributed by atoms with Crippen molar-refractivity contribution in [2.75, 3.05) is 10.6 Å². The maximum Gasteiger partial charge on any atom is 0.329 e. The highest BCUT2D eigenvalue weighted by molar-refractivity contribution is 6.40. The van der Waals surface area contributed by atoms with Gasteiger partial charge in [0.05, 0.1) is 17.5 Å². The van der Waals surface area contributed by atoms with Crippen LogP contribution in [0.2, 0.25) is 0 Å². The predicted octanol–water partition coefficient (Wildman–Crippen LogP) is 3.82. The van der Waals surface area contributed by atoms with Gasteiger partial charge in [0, 0.05) is 28.4 Å². The SMILES string of the molecule is Cc1ccc(NC(=O)c2ccccc2NC(=O)C(=O)NN=Cc2c[nH]c3ccccc23)cc1. The van der Waals surface area contributed by atoms with E-state index >= 15 is 0 Å². The molecule has 0 radical (unpaired) electrons. The van der Waals surface area contributed by atoms with Crippen LogP contribution < -0.4 is 16.1 Å². The number of carbonyl (C=O) groups excluding carboxylic acids is 3. The Hall–Kier alpha value is -4.72. The van der Waals surface area contributed by atoms with E-state index in [1.54, 1.807) is 42.6 Å². The van der Waals surface area contributed by atoms with Gasteiger partial charge in [-0.2, -0.15) is 5.10 Å². The summed E-state index contributed by atoms with van der Waals surface area (Å²) in [5.74, 6) is -2.31. The van der Waals surface area contributed by atoms with E-state index in [0.29, 0.717) is 5.69 Å². The lowest BCUT2D eigenvalue weighted by atomic mass is 10.1. The summed E-state index contributed by atoms with van der Waals surface area (Å²) in [4.78, 5) is 40.3. The second-order valence-corrected chi connectivity index (χ2v) is 7.31. The summed E-state index contributed by atoms with van der Waals surface area (Å²) in [6.45, 7) is 1.95. The number of hydrogen-bond donors (Lipinski definition) is 4. The van der Waals surface area contributed by atoms with Crippen LogP contribution in [-0.4, -0.2) is 28.9 Å². The van der Waals surface area contributed by atoms with E-state index in [2.05, 4.69) is 26.1 Å². The van der Waals surface area contributed by atoms with Crippen molar-refractivity contribution in [1.29, 1.82) is 0 Å². The third-order valence-electron chi connectivity index (χ3n) is 4.93. The summed E-state index contributed by atoms with van der Waals surface area (Å²) in [7, 11) is 0. The van der Waals surface area contributed by atoms with Crippen molar-refractivity contribution in [3.05, 3.63) is 95.7 Å². The fourth-order valence-electron chi connectivity index (χ4n) is 3.22. The number of anilines is 2. The van der Waals surface area contributed by atoms with Gasteiger partial charge in [-0.15, -0.1) is 0 Å². The Bertz CT molecular complexity index is 1360. The molecule has 33 heavy (non-hydrogen) atoms. The number of hydrazone groups is 1. The van der Waals surface area contributed by atoms with Crippen molar-refractivity contribution >= 4 is 46.2 Å². The zero-order valence-electron chi connectivity index (χ0n) is 17.8. The van der Waals surface area contributed by atoms with Crippen LogP contribution in [0.15, 0.2) is 84.1 Å². The number of aryl methyl sites for hydroxylation is 1. The first-order valence-electron chi connectivity index (χ1n) is 10.2. The number of amides is 3. The van der Waals surface area contributed by atoms with E-state index in [1.165, 1.54) is 6.21 Å². The molecule has 0 atom stereocenters. The van der Waals surface area contributed by atoms with E-state index < -0.39 is 17.7 Å². The van der Waals surface area contributed by atoms with Crippen LogP contribution in [0.3, 0.4) is 0 Å². The minimum absolute atomic E-state index is 0.211. The molecule has 1 aromatic heterocycles. The smallest absolute Gasteiger partial charge is 0.329 e. The number of benzene rings is 3. The topological polar surface area (TPSA) is 115 Å². The average molecular weight is 439 g/mol. The van der Waals surface area contributed by atoms with Crippen molar-refractivity contribution in [1.82, 2.24) is 10.4 Å². The van der Waals surface area contributed by atoms with Crippen LogP contribution in [0.25, 0.3) is 10.9 Å². The molecule has 4 aromatic rings. The third-order valence-corrected chi connectivity index (χ3v) is 4.93. The average Bonchev–Trinajstić information content (AvgIpc) is 3.24. The summed E-state index contributed by atoms with van der Waals surface area (Å²) < 4.78 is 0. The molecule has 3 aromatic carbocycles. The highest BCUT2D eigenvalue weighted by Gasteiger charge is 2.17. The molecule has 0 saturated carbocycles. The van der Waals surface area contributed by atoms with E-state index in [4.69, 9.17) is 0 Å². The van der Waals surface area contributed by atoms with Gasteiger partial charge in [-0.25, -0.2) is 5.43 Å². The minimum atomic E-state index is -0.958. The van der Waals surface area contributed by atoms with E-state index in [0.717, 1.165) is 22.0 Å². The van der Waals surface area contributed by atoms with Crippen LogP contribution in [-0.2, 0) is 9.59 Å². The second-order valence-electron chi connectivity index (χ2n) is 7.31. The lowest BCUT2D eigenvalue weighted by Gasteiger charge is -2.11. The highest BCUT2D eigenvalue weighted by Crippen LogP contribution is 2.18. The quantitative estimate of drug-likeness (QED) is 0.215. The maximum absolute atomic E-state index is 12.7. The van der Waals surface area contributed by atoms with Gasteiger partial charge in [0.25, 0.3) is 5.91 Å². The maximum atomic E-state index is 12.7. The molecule has 8 nitrogen and oxygen atoms in total. The van der Waals surface area contributed by atoms with Crippen LogP contribution in [0.1, 0.15) is 21.5 Å². The number of nitrogens with zero attached hydrogens (tertiary/aromatic N) is 1. The van der Waals surface area contributed by atoms with E-state index in [1.807, 2.05) is 43.3 Å². The Kier molecular flexibility index (Phi) is 6.26. The lowest BCUT2D eigenvalue weighted by Crippen LogP contribution is -2.33. The summed E-state index contributed by atoms with van der Waals surface area (Å²) in [6.07, 6.45) is 3.20. The third kappa shape index (κ3) is 5.13. The zero-order valence-corrected chi connectivity index (χ0v) is 17.8. The number of H-pyrrole nitrogens is 1. The standard InChI is InChI=1S/C25H21N5O3/c1-16-10-12-18(13-11-16)28-23(31)20-7-3-5-9-22(20)29-24(32)25(33)30-27-15-17-14-26-21-8-4-2-6-19(17)21/h2-15,26H,1H3,(H,28,31)(H,29,32)(H,30,33). The van der Waals surface area contributed by atoms with Crippen LogP contribution in [0.4, 0.5) is 11.4 Å². The molecule has 0 saturated heterocycles. The van der Waals surface area contributed by atoms with Gasteiger partial charge in [-0.05, 0) is 37.3 Å². The van der Waals surface area contributed by atoms with E-state index in [-0.39, 0.29) is 11.3 Å². The van der Waals surface area contributed by atoms with Gasteiger partial charge < -0.3 is 15.6 Å². The number of hydrogen-bond acceptors (Lipinski definition) is 4. The molecule has 0 spiro atoms. The summed E-state index contributed by atoms with van der Waals surface area (Å²) in [5.41, 5.74) is 6.03. The van der Waals surface area contributed by atoms with E-state index in [9.17, 15) is 14.4 Å². The molecular weight excluding hydrogens is 418 g/mol. The molecule has 8 heteroatoms. The summed E-state index contributed by atoms with van der Waals surface area (Å²) >= 11 is 0. The normalized spacial score (nSPS) is 10.8. The molecule has 4 rings (SSSR count). The number of aromatic amines is 1. The Morgan fingerprint density at radius 2 is 1.58 bits per heavy atom. The van der Waals surface area contributed by atoms with Crippen LogP contribution >= 0.6 is 0 Å². The number of nitrogens with one attached hydrogen (secondary N) is 4. The van der Waals surface area contributed by atoms with Crippen molar-refractivity contribution < 1.29 is 14.4 Å². The number of rotatable bonds is 5. The van der Waals surface area contributed by atoms with Gasteiger partial charge in [0.15, 0.2) is 0 Å². The van der Waals surface area contributed by atoms with Crippen molar-refractivity contribution in [3.8, 4) is 0 Å². The lowest BCUT2D eigenvalue weighted by molar-refractivity contribution is -0.136. The fourth-order valence-corrected chi connectivity index (χ4v) is 3.22. The monoisotopic (exact) mass is 439 g/mol. The van der Waals surface area contributed by atoms with Gasteiger partial charge in [-0.1, -0.05) is 48.0 Å². The molecule has 1 heterocycles. The fraction of sp³-hybridized carbons (Fsp3) is 0.0400. The van der Waals surface area contributed by atoms with Crippen molar-refractivity contribution in [3.63, 3.8) is 0 Å². The Morgan fingerprint density at radius 1 is 0.848 bits per heavy atom. The number of carbonyl (C=O) groups is 3. The molecule has 0 aliphatic heterocycles. The zero-order chi connectivity index (χ0) is 23.2. The molecule has 0 aliphatic rings. The summed E-state index contributed by atoms with van der Waals surface area (Å²) in [5, 5.41) is 10.0. The van der Waals surface area contributed by atoms with Crippen molar-refractivity contribution in [2.24, 2.45) is 5.10 Å².